The monoisotopic (exact) mass is 290 g/mol. The van der Waals surface area contributed by atoms with E-state index >= 15 is 0 Å². The second-order valence-corrected chi connectivity index (χ2v) is 4.58. The molecule has 18 heavy (non-hydrogen) atoms. The van der Waals surface area contributed by atoms with E-state index in [1.165, 1.54) is 0 Å². The van der Waals surface area contributed by atoms with E-state index in [0.717, 1.165) is 13.2 Å². The van der Waals surface area contributed by atoms with Gasteiger partial charge in [0.25, 0.3) is 0 Å². The number of methoxy groups -OCH3 is 1. The molecule has 0 radical (unpaired) electrons. The highest BCUT2D eigenvalue weighted by Crippen LogP contribution is 2.20. The summed E-state index contributed by atoms with van der Waals surface area (Å²) in [5, 5.41) is 0. The van der Waals surface area contributed by atoms with Gasteiger partial charge in [-0.15, -0.1) is 0 Å². The second-order valence-electron chi connectivity index (χ2n) is 3.21. The lowest BCUT2D eigenvalue weighted by Gasteiger charge is -2.08. The summed E-state index contributed by atoms with van der Waals surface area (Å²) in [5.74, 6) is 0. The Balaban J connectivity index is 0.000000331. The molecule has 0 unspecified atom stereocenters. The standard InChI is InChI=1S/C7H13N2O.CHF3O3S/c1-8-3-4-9(7-8)5-6-10-2;2-1(3,4)8(5,6)7/h3-4,7H,5-6H2,1-2H3;(H,5,6,7)/q+1;/p-1. The van der Waals surface area contributed by atoms with Gasteiger partial charge in [0.05, 0.1) is 13.7 Å². The molecule has 0 bridgehead atoms. The fourth-order valence-corrected chi connectivity index (χ4v) is 0.831. The van der Waals surface area contributed by atoms with Crippen molar-refractivity contribution in [3.63, 3.8) is 0 Å². The number of aryl methyl sites for hydroxylation is 1. The van der Waals surface area contributed by atoms with E-state index in [1.54, 1.807) is 7.11 Å². The Bertz CT molecular complexity index is 455. The number of ether oxygens (including phenoxy) is 1. The van der Waals surface area contributed by atoms with Crippen molar-refractivity contribution in [2.45, 2.75) is 12.1 Å². The molecule has 0 amide bonds. The predicted molar refractivity (Wildman–Crippen MR) is 53.2 cm³/mol. The summed E-state index contributed by atoms with van der Waals surface area (Å²) in [4.78, 5) is 0. The number of alkyl halides is 3. The van der Waals surface area contributed by atoms with Gasteiger partial charge in [-0.1, -0.05) is 0 Å². The van der Waals surface area contributed by atoms with Gasteiger partial charge in [-0.2, -0.15) is 13.2 Å². The molecule has 6 nitrogen and oxygen atoms in total. The molecular formula is C8H13F3N2O4S. The summed E-state index contributed by atoms with van der Waals surface area (Å²) >= 11 is 0. The molecule has 1 heterocycles. The maximum atomic E-state index is 10.7. The average molecular weight is 290 g/mol. The number of aromatic nitrogens is 2. The van der Waals surface area contributed by atoms with Crippen LogP contribution < -0.4 is 4.57 Å². The van der Waals surface area contributed by atoms with Crippen LogP contribution in [0.2, 0.25) is 0 Å². The first kappa shape index (κ1) is 16.9. The number of halogens is 3. The summed E-state index contributed by atoms with van der Waals surface area (Å²) < 4.78 is 67.9. The van der Waals surface area contributed by atoms with Crippen molar-refractivity contribution in [3.05, 3.63) is 18.7 Å². The summed E-state index contributed by atoms with van der Waals surface area (Å²) in [6.45, 7) is 1.70. The van der Waals surface area contributed by atoms with E-state index < -0.39 is 15.6 Å². The second kappa shape index (κ2) is 6.71. The summed E-state index contributed by atoms with van der Waals surface area (Å²) in [6, 6.07) is 0. The maximum absolute atomic E-state index is 10.7. The minimum absolute atomic E-state index is 0.772. The van der Waals surface area contributed by atoms with Crippen molar-refractivity contribution < 1.29 is 35.4 Å². The zero-order chi connectivity index (χ0) is 14.4. The summed E-state index contributed by atoms with van der Waals surface area (Å²) in [7, 11) is -2.38. The molecule has 0 saturated carbocycles. The van der Waals surface area contributed by atoms with Crippen molar-refractivity contribution in [2.75, 3.05) is 13.7 Å². The Morgan fingerprint density at radius 3 is 2.22 bits per heavy atom. The smallest absolute Gasteiger partial charge is 0.485 e. The van der Waals surface area contributed by atoms with Gasteiger partial charge >= 0.3 is 5.51 Å². The largest absolute Gasteiger partial charge is 0.741 e. The molecule has 0 fully saturated rings. The lowest BCUT2D eigenvalue weighted by molar-refractivity contribution is -0.671. The van der Waals surface area contributed by atoms with Crippen LogP contribution in [0.5, 0.6) is 0 Å². The molecule has 0 aliphatic carbocycles. The highest BCUT2D eigenvalue weighted by atomic mass is 32.2. The Morgan fingerprint density at radius 1 is 1.44 bits per heavy atom. The van der Waals surface area contributed by atoms with E-state index in [2.05, 4.69) is 4.57 Å². The zero-order valence-corrected chi connectivity index (χ0v) is 10.5. The van der Waals surface area contributed by atoms with E-state index in [4.69, 9.17) is 17.7 Å². The molecule has 0 atom stereocenters. The molecule has 106 valence electrons. The van der Waals surface area contributed by atoms with Crippen molar-refractivity contribution in [2.24, 2.45) is 7.05 Å². The van der Waals surface area contributed by atoms with Crippen LogP contribution in [-0.4, -0.2) is 36.8 Å². The number of imidazole rings is 1. The fourth-order valence-electron chi connectivity index (χ4n) is 0.831. The van der Waals surface area contributed by atoms with Gasteiger partial charge in [0.15, 0.2) is 10.1 Å². The number of hydrogen-bond acceptors (Lipinski definition) is 4. The summed E-state index contributed by atoms with van der Waals surface area (Å²) in [6.07, 6.45) is 6.06. The molecule has 1 aromatic rings. The third kappa shape index (κ3) is 6.57. The normalized spacial score (nSPS) is 11.9. The molecule has 0 spiro atoms. The Hall–Kier alpha value is -1.13. The van der Waals surface area contributed by atoms with Crippen molar-refractivity contribution in [3.8, 4) is 0 Å². The van der Waals surface area contributed by atoms with Crippen LogP contribution in [0.1, 0.15) is 0 Å². The topological polar surface area (TPSA) is 75.2 Å². The molecule has 10 heteroatoms. The minimum atomic E-state index is -6.09. The number of rotatable bonds is 3. The first-order chi connectivity index (χ1) is 8.08. The van der Waals surface area contributed by atoms with Crippen LogP contribution in [0.15, 0.2) is 18.7 Å². The van der Waals surface area contributed by atoms with Gasteiger partial charge < -0.3 is 9.29 Å². The van der Waals surface area contributed by atoms with E-state index in [0.29, 0.717) is 0 Å². The van der Waals surface area contributed by atoms with Crippen LogP contribution in [0.4, 0.5) is 13.2 Å². The van der Waals surface area contributed by atoms with E-state index in [9.17, 15) is 13.2 Å². The maximum Gasteiger partial charge on any atom is 0.485 e. The quantitative estimate of drug-likeness (QED) is 0.446. The van der Waals surface area contributed by atoms with Gasteiger partial charge in [0, 0.05) is 7.11 Å². The zero-order valence-electron chi connectivity index (χ0n) is 9.72. The first-order valence-corrected chi connectivity index (χ1v) is 6.01. The molecule has 1 aromatic heterocycles. The Kier molecular flexibility index (Phi) is 6.29. The molecular weight excluding hydrogens is 277 g/mol. The third-order valence-corrected chi connectivity index (χ3v) is 2.23. The number of nitrogens with zero attached hydrogens (tertiary/aromatic N) is 2. The molecule has 1 rings (SSSR count). The highest BCUT2D eigenvalue weighted by Gasteiger charge is 2.36. The van der Waals surface area contributed by atoms with Crippen molar-refractivity contribution >= 4 is 10.1 Å². The Morgan fingerprint density at radius 2 is 1.94 bits per heavy atom. The lowest BCUT2D eigenvalue weighted by atomic mass is 10.7. The molecule has 0 aromatic carbocycles. The predicted octanol–water partition coefficient (Wildman–Crippen LogP) is 0.0104. The van der Waals surface area contributed by atoms with E-state index in [1.807, 2.05) is 30.3 Å². The molecule has 0 N–H and O–H groups in total. The van der Waals surface area contributed by atoms with Crippen molar-refractivity contribution in [1.29, 1.82) is 0 Å². The minimum Gasteiger partial charge on any atom is -0.741 e. The molecule has 0 aliphatic rings. The van der Waals surface area contributed by atoms with Gasteiger partial charge in [0.2, 0.25) is 6.33 Å². The SMILES string of the molecule is COCCn1cc[n+](C)c1.O=S(=O)([O-])C(F)(F)F. The average Bonchev–Trinajstić information content (AvgIpc) is 2.59. The van der Waals surface area contributed by atoms with Gasteiger partial charge in [0.1, 0.15) is 18.9 Å². The molecule has 0 saturated heterocycles. The van der Waals surface area contributed by atoms with E-state index in [-0.39, 0.29) is 0 Å². The molecule has 0 aliphatic heterocycles. The third-order valence-electron chi connectivity index (χ3n) is 1.66. The fraction of sp³-hybridized carbons (Fsp3) is 0.625. The van der Waals surface area contributed by atoms with Crippen LogP contribution in [-0.2, 0) is 28.4 Å². The van der Waals surface area contributed by atoms with Gasteiger partial charge in [-0.05, 0) is 0 Å². The number of hydrogen-bond donors (Lipinski definition) is 0. The van der Waals surface area contributed by atoms with Crippen LogP contribution >= 0.6 is 0 Å². The van der Waals surface area contributed by atoms with Crippen LogP contribution in [0.3, 0.4) is 0 Å². The van der Waals surface area contributed by atoms with Crippen LogP contribution in [0, 0.1) is 0 Å². The van der Waals surface area contributed by atoms with Crippen molar-refractivity contribution in [1.82, 2.24) is 4.57 Å². The first-order valence-electron chi connectivity index (χ1n) is 4.60. The lowest BCUT2D eigenvalue weighted by Crippen LogP contribution is -2.24. The van der Waals surface area contributed by atoms with Gasteiger partial charge in [-0.25, -0.2) is 17.6 Å². The van der Waals surface area contributed by atoms with Gasteiger partial charge in [-0.3, -0.25) is 0 Å². The highest BCUT2D eigenvalue weighted by molar-refractivity contribution is 7.86. The summed E-state index contributed by atoms with van der Waals surface area (Å²) in [5.41, 5.74) is -5.65. The Labute approximate surface area is 102 Å². The van der Waals surface area contributed by atoms with Crippen LogP contribution in [0.25, 0.3) is 0 Å².